The van der Waals surface area contributed by atoms with Crippen LogP contribution in [0.2, 0.25) is 5.02 Å². The second-order valence-corrected chi connectivity index (χ2v) is 5.49. The number of amides is 1. The summed E-state index contributed by atoms with van der Waals surface area (Å²) in [5.41, 5.74) is -0.332. The molecule has 5 heteroatoms. The number of carbonyl (C=O) groups is 1. The van der Waals surface area contributed by atoms with E-state index < -0.39 is 0 Å². The molecule has 1 fully saturated rings. The lowest BCUT2D eigenvalue weighted by atomic mass is 9.75. The molecule has 1 aliphatic heterocycles. The van der Waals surface area contributed by atoms with Gasteiger partial charge in [-0.25, -0.2) is 4.98 Å². The number of carbonyl (C=O) groups excluding carboxylic acids is 1. The molecule has 2 heterocycles. The van der Waals surface area contributed by atoms with Crippen LogP contribution in [0.5, 0.6) is 0 Å². The molecular weight excluding hydrogens is 250 g/mol. The summed E-state index contributed by atoms with van der Waals surface area (Å²) in [6.45, 7) is 5.79. The Bertz CT molecular complexity index is 424. The second-order valence-electron chi connectivity index (χ2n) is 5.05. The van der Waals surface area contributed by atoms with Crippen molar-refractivity contribution in [2.75, 3.05) is 18.4 Å². The maximum Gasteiger partial charge on any atom is 0.233 e. The fraction of sp³-hybridized carbons (Fsp3) is 0.538. The van der Waals surface area contributed by atoms with Crippen LogP contribution in [-0.2, 0) is 4.79 Å². The highest BCUT2D eigenvalue weighted by Crippen LogP contribution is 2.35. The summed E-state index contributed by atoms with van der Waals surface area (Å²) in [5.74, 6) is 0.883. The van der Waals surface area contributed by atoms with Crippen LogP contribution in [-0.4, -0.2) is 24.0 Å². The number of nitrogens with one attached hydrogen (secondary N) is 2. The molecule has 0 saturated carbocycles. The summed E-state index contributed by atoms with van der Waals surface area (Å²) in [7, 11) is 0. The molecule has 4 nitrogen and oxygen atoms in total. The predicted octanol–water partition coefficient (Wildman–Crippen LogP) is 2.31. The van der Waals surface area contributed by atoms with Gasteiger partial charge in [-0.15, -0.1) is 0 Å². The third-order valence-electron chi connectivity index (χ3n) is 3.71. The van der Waals surface area contributed by atoms with Gasteiger partial charge in [-0.05, 0) is 31.0 Å². The molecule has 1 saturated heterocycles. The molecule has 1 aliphatic rings. The first-order valence-corrected chi connectivity index (χ1v) is 6.56. The lowest BCUT2D eigenvalue weighted by Gasteiger charge is -2.30. The molecule has 0 aliphatic carbocycles. The fourth-order valence-electron chi connectivity index (χ4n) is 2.35. The van der Waals surface area contributed by atoms with Gasteiger partial charge in [-0.1, -0.05) is 25.4 Å². The smallest absolute Gasteiger partial charge is 0.233 e. The van der Waals surface area contributed by atoms with E-state index in [9.17, 15) is 4.79 Å². The van der Waals surface area contributed by atoms with Crippen LogP contribution < -0.4 is 10.6 Å². The van der Waals surface area contributed by atoms with Gasteiger partial charge >= 0.3 is 0 Å². The van der Waals surface area contributed by atoms with Crippen molar-refractivity contribution in [3.8, 4) is 0 Å². The van der Waals surface area contributed by atoms with Gasteiger partial charge in [0.2, 0.25) is 5.91 Å². The normalized spacial score (nSPS) is 23.3. The van der Waals surface area contributed by atoms with Crippen molar-refractivity contribution >= 4 is 23.3 Å². The third kappa shape index (κ3) is 2.49. The van der Waals surface area contributed by atoms with Crippen LogP contribution in [0, 0.1) is 11.3 Å². The van der Waals surface area contributed by atoms with Crippen molar-refractivity contribution in [2.24, 2.45) is 11.3 Å². The van der Waals surface area contributed by atoms with Crippen LogP contribution in [0.25, 0.3) is 0 Å². The standard InChI is InChI=1S/C13H18ClN3O/c1-9(2)13(5-6-15-8-13)12(18)17-11-4-3-10(14)7-16-11/h3-4,7,9,15H,5-6,8H2,1-2H3,(H,16,17,18). The van der Waals surface area contributed by atoms with E-state index in [1.165, 1.54) is 6.20 Å². The van der Waals surface area contributed by atoms with E-state index in [-0.39, 0.29) is 11.3 Å². The first-order chi connectivity index (χ1) is 8.54. The summed E-state index contributed by atoms with van der Waals surface area (Å²) in [6, 6.07) is 3.44. The third-order valence-corrected chi connectivity index (χ3v) is 3.94. The molecule has 0 radical (unpaired) electrons. The fourth-order valence-corrected chi connectivity index (χ4v) is 2.46. The van der Waals surface area contributed by atoms with Gasteiger partial charge in [0, 0.05) is 12.7 Å². The molecule has 2 rings (SSSR count). The number of anilines is 1. The quantitative estimate of drug-likeness (QED) is 0.884. The highest BCUT2D eigenvalue weighted by atomic mass is 35.5. The lowest BCUT2D eigenvalue weighted by molar-refractivity contribution is -0.126. The van der Waals surface area contributed by atoms with Crippen molar-refractivity contribution < 1.29 is 4.79 Å². The minimum Gasteiger partial charge on any atom is -0.316 e. The van der Waals surface area contributed by atoms with Crippen LogP contribution in [0.4, 0.5) is 5.82 Å². The maximum absolute atomic E-state index is 12.4. The Hall–Kier alpha value is -1.13. The number of hydrogen-bond donors (Lipinski definition) is 2. The predicted molar refractivity (Wildman–Crippen MR) is 72.6 cm³/mol. The van der Waals surface area contributed by atoms with Gasteiger partial charge in [0.1, 0.15) is 5.82 Å². The van der Waals surface area contributed by atoms with Crippen LogP contribution in [0.1, 0.15) is 20.3 Å². The van der Waals surface area contributed by atoms with E-state index in [0.29, 0.717) is 16.8 Å². The average Bonchev–Trinajstić information content (AvgIpc) is 2.82. The first kappa shape index (κ1) is 13.3. The molecule has 18 heavy (non-hydrogen) atoms. The molecule has 0 bridgehead atoms. The number of aromatic nitrogens is 1. The molecule has 1 aromatic heterocycles. The first-order valence-electron chi connectivity index (χ1n) is 6.18. The van der Waals surface area contributed by atoms with Crippen LogP contribution in [0.3, 0.4) is 0 Å². The molecule has 0 aromatic carbocycles. The minimum atomic E-state index is -0.332. The van der Waals surface area contributed by atoms with Gasteiger partial charge in [-0.3, -0.25) is 4.79 Å². The summed E-state index contributed by atoms with van der Waals surface area (Å²) < 4.78 is 0. The largest absolute Gasteiger partial charge is 0.316 e. The molecular formula is C13H18ClN3O. The Kier molecular flexibility index (Phi) is 3.88. The molecule has 1 aromatic rings. The summed E-state index contributed by atoms with van der Waals surface area (Å²) in [6.07, 6.45) is 2.40. The number of halogens is 1. The highest BCUT2D eigenvalue weighted by Gasteiger charge is 2.43. The van der Waals surface area contributed by atoms with E-state index in [1.807, 2.05) is 0 Å². The average molecular weight is 268 g/mol. The molecule has 0 spiro atoms. The van der Waals surface area contributed by atoms with Crippen molar-refractivity contribution in [1.29, 1.82) is 0 Å². The molecule has 1 unspecified atom stereocenters. The Morgan fingerprint density at radius 3 is 2.83 bits per heavy atom. The Balaban J connectivity index is 2.13. The van der Waals surface area contributed by atoms with Gasteiger partial charge in [-0.2, -0.15) is 0 Å². The van der Waals surface area contributed by atoms with Gasteiger partial charge in [0.05, 0.1) is 10.4 Å². The number of hydrogen-bond acceptors (Lipinski definition) is 3. The molecule has 98 valence electrons. The lowest BCUT2D eigenvalue weighted by Crippen LogP contribution is -2.42. The zero-order chi connectivity index (χ0) is 13.2. The monoisotopic (exact) mass is 267 g/mol. The van der Waals surface area contributed by atoms with Crippen LogP contribution in [0.15, 0.2) is 18.3 Å². The summed E-state index contributed by atoms with van der Waals surface area (Å²) in [4.78, 5) is 16.5. The molecule has 1 atom stereocenters. The maximum atomic E-state index is 12.4. The second kappa shape index (κ2) is 5.24. The number of rotatable bonds is 3. The molecule has 2 N–H and O–H groups in total. The topological polar surface area (TPSA) is 54.0 Å². The van der Waals surface area contributed by atoms with E-state index in [1.54, 1.807) is 12.1 Å². The number of nitrogens with zero attached hydrogens (tertiary/aromatic N) is 1. The Morgan fingerprint density at radius 1 is 1.56 bits per heavy atom. The molecule has 1 amide bonds. The van der Waals surface area contributed by atoms with Crippen molar-refractivity contribution in [3.05, 3.63) is 23.4 Å². The van der Waals surface area contributed by atoms with E-state index >= 15 is 0 Å². The SMILES string of the molecule is CC(C)C1(C(=O)Nc2ccc(Cl)cn2)CCNC1. The highest BCUT2D eigenvalue weighted by molar-refractivity contribution is 6.30. The van der Waals surface area contributed by atoms with Gasteiger partial charge in [0.15, 0.2) is 0 Å². The zero-order valence-corrected chi connectivity index (χ0v) is 11.4. The van der Waals surface area contributed by atoms with E-state index in [4.69, 9.17) is 11.6 Å². The summed E-state index contributed by atoms with van der Waals surface area (Å²) in [5, 5.41) is 6.72. The summed E-state index contributed by atoms with van der Waals surface area (Å²) >= 11 is 5.77. The van der Waals surface area contributed by atoms with Crippen molar-refractivity contribution in [2.45, 2.75) is 20.3 Å². The Morgan fingerprint density at radius 2 is 2.33 bits per heavy atom. The van der Waals surface area contributed by atoms with E-state index in [0.717, 1.165) is 19.5 Å². The minimum absolute atomic E-state index is 0.0392. The Labute approximate surface area is 112 Å². The van der Waals surface area contributed by atoms with Crippen LogP contribution >= 0.6 is 11.6 Å². The van der Waals surface area contributed by atoms with Crippen molar-refractivity contribution in [1.82, 2.24) is 10.3 Å². The van der Waals surface area contributed by atoms with E-state index in [2.05, 4.69) is 29.5 Å². The number of pyridine rings is 1. The van der Waals surface area contributed by atoms with Crippen molar-refractivity contribution in [3.63, 3.8) is 0 Å². The van der Waals surface area contributed by atoms with Gasteiger partial charge in [0.25, 0.3) is 0 Å². The van der Waals surface area contributed by atoms with Gasteiger partial charge < -0.3 is 10.6 Å². The zero-order valence-electron chi connectivity index (χ0n) is 10.7.